The predicted octanol–water partition coefficient (Wildman–Crippen LogP) is 15.2. The molecule has 0 fully saturated rings. The van der Waals surface area contributed by atoms with Gasteiger partial charge in [0.05, 0.1) is 22.8 Å². The van der Waals surface area contributed by atoms with E-state index in [0.29, 0.717) is 0 Å². The highest BCUT2D eigenvalue weighted by Crippen LogP contribution is 2.44. The fourth-order valence-corrected chi connectivity index (χ4v) is 12.8. The van der Waals surface area contributed by atoms with Crippen LogP contribution in [0.3, 0.4) is 0 Å². The van der Waals surface area contributed by atoms with Gasteiger partial charge in [-0.3, -0.25) is 4.99 Å². The Morgan fingerprint density at radius 1 is 0.590 bits per heavy atom. The summed E-state index contributed by atoms with van der Waals surface area (Å²) in [4.78, 5) is 13.0. The fourth-order valence-electron chi connectivity index (χ4n) is 10.5. The van der Waals surface area contributed by atoms with Gasteiger partial charge in [-0.2, -0.15) is 0 Å². The van der Waals surface area contributed by atoms with E-state index >= 15 is 0 Å². The molecule has 290 valence electrons. The fraction of sp³-hybridized carbons (Fsp3) is 0.107. The maximum atomic E-state index is 5.89. The van der Waals surface area contributed by atoms with Gasteiger partial charge in [0.1, 0.15) is 0 Å². The molecule has 3 atom stereocenters. The molecule has 2 aliphatic rings. The van der Waals surface area contributed by atoms with Crippen molar-refractivity contribution in [3.63, 3.8) is 0 Å². The second-order valence-electron chi connectivity index (χ2n) is 16.7. The van der Waals surface area contributed by atoms with E-state index in [1.165, 1.54) is 89.6 Å². The molecule has 0 saturated heterocycles. The van der Waals surface area contributed by atoms with Crippen LogP contribution < -0.4 is 0 Å². The molecule has 1 aliphatic carbocycles. The van der Waals surface area contributed by atoms with E-state index in [1.807, 2.05) is 22.7 Å². The smallest absolute Gasteiger partial charge is 0.156 e. The highest BCUT2D eigenvalue weighted by molar-refractivity contribution is 7.26. The number of para-hydroxylation sites is 1. The third kappa shape index (κ3) is 5.47. The van der Waals surface area contributed by atoms with Gasteiger partial charge in [-0.05, 0) is 106 Å². The van der Waals surface area contributed by atoms with Crippen molar-refractivity contribution in [2.45, 2.75) is 25.8 Å². The lowest BCUT2D eigenvalue weighted by Gasteiger charge is -2.35. The highest BCUT2D eigenvalue weighted by atomic mass is 32.1. The molecule has 8 aromatic carbocycles. The number of aromatic nitrogens is 1. The molecule has 13 rings (SSSR count). The topological polar surface area (TPSA) is 29.6 Å². The maximum absolute atomic E-state index is 5.89. The van der Waals surface area contributed by atoms with Crippen molar-refractivity contribution < 1.29 is 0 Å². The van der Waals surface area contributed by atoms with Crippen molar-refractivity contribution in [2.24, 2.45) is 21.8 Å². The molecule has 0 spiro atoms. The summed E-state index contributed by atoms with van der Waals surface area (Å²) in [6.07, 6.45) is 6.76. The summed E-state index contributed by atoms with van der Waals surface area (Å²) in [5.41, 5.74) is 8.40. The van der Waals surface area contributed by atoms with Gasteiger partial charge in [-0.1, -0.05) is 128 Å². The van der Waals surface area contributed by atoms with Crippen LogP contribution in [0.1, 0.15) is 34.9 Å². The molecule has 1 aliphatic heterocycles. The van der Waals surface area contributed by atoms with E-state index in [4.69, 9.17) is 9.98 Å². The number of hydrogen-bond donors (Lipinski definition) is 0. The largest absolute Gasteiger partial charge is 0.309 e. The van der Waals surface area contributed by atoms with E-state index in [9.17, 15) is 0 Å². The average molecular weight is 818 g/mol. The Labute approximate surface area is 361 Å². The van der Waals surface area contributed by atoms with E-state index in [2.05, 4.69) is 187 Å². The molecule has 3 nitrogen and oxygen atoms in total. The van der Waals surface area contributed by atoms with Gasteiger partial charge in [0.2, 0.25) is 0 Å². The van der Waals surface area contributed by atoms with Crippen molar-refractivity contribution in [1.29, 1.82) is 0 Å². The second kappa shape index (κ2) is 13.7. The first-order valence-corrected chi connectivity index (χ1v) is 23.0. The van der Waals surface area contributed by atoms with Crippen LogP contribution in [-0.4, -0.2) is 22.2 Å². The van der Waals surface area contributed by atoms with Gasteiger partial charge in [0, 0.05) is 63.6 Å². The van der Waals surface area contributed by atoms with Gasteiger partial charge >= 0.3 is 0 Å². The van der Waals surface area contributed by atoms with Crippen molar-refractivity contribution in [3.8, 4) is 5.69 Å². The van der Waals surface area contributed by atoms with Crippen LogP contribution >= 0.6 is 22.7 Å². The highest BCUT2D eigenvalue weighted by Gasteiger charge is 2.37. The van der Waals surface area contributed by atoms with Crippen LogP contribution in [0.5, 0.6) is 0 Å². The monoisotopic (exact) mass is 817 g/mol. The summed E-state index contributed by atoms with van der Waals surface area (Å²) >= 11 is 3.77. The zero-order valence-electron chi connectivity index (χ0n) is 33.5. The zero-order valence-corrected chi connectivity index (χ0v) is 35.2. The lowest BCUT2D eigenvalue weighted by atomic mass is 9.76. The van der Waals surface area contributed by atoms with Crippen LogP contribution in [0.15, 0.2) is 180 Å². The Balaban J connectivity index is 1.08. The number of nitrogens with zero attached hydrogens (tertiary/aromatic N) is 3. The van der Waals surface area contributed by atoms with Crippen LogP contribution in [-0.2, 0) is 6.42 Å². The van der Waals surface area contributed by atoms with Gasteiger partial charge in [-0.15, -0.1) is 22.7 Å². The number of amidine groups is 1. The number of rotatable bonds is 5. The lowest BCUT2D eigenvalue weighted by Crippen LogP contribution is -2.38. The quantitative estimate of drug-likeness (QED) is 0.166. The molecule has 4 heterocycles. The van der Waals surface area contributed by atoms with Crippen LogP contribution in [0, 0.1) is 11.8 Å². The first-order chi connectivity index (χ1) is 30.2. The Bertz CT molecular complexity index is 3710. The molecule has 3 unspecified atom stereocenters. The number of fused-ring (bicyclic) bond motifs is 11. The summed E-state index contributed by atoms with van der Waals surface area (Å²) in [6, 6.07) is 60.5. The predicted molar refractivity (Wildman–Crippen MR) is 264 cm³/mol. The third-order valence-electron chi connectivity index (χ3n) is 13.4. The molecule has 11 aromatic rings. The number of thiophene rings is 2. The van der Waals surface area contributed by atoms with Crippen molar-refractivity contribution >= 4 is 114 Å². The van der Waals surface area contributed by atoms with Crippen LogP contribution in [0.25, 0.3) is 85.4 Å². The Morgan fingerprint density at radius 2 is 1.28 bits per heavy atom. The minimum atomic E-state index is 0.00900. The van der Waals surface area contributed by atoms with E-state index in [0.717, 1.165) is 35.6 Å². The average Bonchev–Trinajstić information content (AvgIpc) is 3.99. The molecule has 0 bridgehead atoms. The lowest BCUT2D eigenvalue weighted by molar-refractivity contribution is 0.408. The third-order valence-corrected chi connectivity index (χ3v) is 15.7. The molecule has 0 N–H and O–H groups in total. The summed E-state index contributed by atoms with van der Waals surface area (Å²) < 4.78 is 6.34. The normalized spacial score (nSPS) is 17.9. The minimum Gasteiger partial charge on any atom is -0.309 e. The number of aliphatic imine (C=N–C) groups is 2. The molecule has 0 saturated carbocycles. The van der Waals surface area contributed by atoms with Crippen LogP contribution in [0.2, 0.25) is 0 Å². The summed E-state index contributed by atoms with van der Waals surface area (Å²) in [5.74, 6) is 1.21. The summed E-state index contributed by atoms with van der Waals surface area (Å²) in [7, 11) is 0. The standard InChI is InChI=1S/C56H39N3S2/c1-2-40-53(37-24-23-33-13-3-4-14-34(33)27-37)57-56(58-54(40)38-25-26-52-45(29-38)42-18-8-11-21-50(42)60-52)47-32-39(31-46-43-19-9-12-22-51(43)61-55(46)47)59-48-20-10-7-17-41(48)44-28-35-15-5-6-16-36(35)30-49(44)59/h3-28,30-32,38,40,54H,2,29H2,1H3. The Kier molecular flexibility index (Phi) is 7.88. The second-order valence-corrected chi connectivity index (χ2v) is 18.9. The minimum absolute atomic E-state index is 0.00900. The number of benzene rings is 8. The summed E-state index contributed by atoms with van der Waals surface area (Å²) in [5, 5.41) is 11.4. The van der Waals surface area contributed by atoms with Gasteiger partial charge < -0.3 is 4.57 Å². The molecule has 0 radical (unpaired) electrons. The Hall–Kier alpha value is -6.66. The Morgan fingerprint density at radius 3 is 2.10 bits per heavy atom. The van der Waals surface area contributed by atoms with E-state index in [1.54, 1.807) is 0 Å². The zero-order chi connectivity index (χ0) is 40.2. The molecule has 61 heavy (non-hydrogen) atoms. The van der Waals surface area contributed by atoms with Crippen molar-refractivity contribution in [1.82, 2.24) is 4.57 Å². The first kappa shape index (κ1) is 35.1. The molecule has 5 heteroatoms. The molecule has 3 aromatic heterocycles. The summed E-state index contributed by atoms with van der Waals surface area (Å²) in [6.45, 7) is 2.32. The van der Waals surface area contributed by atoms with Crippen molar-refractivity contribution in [2.75, 3.05) is 0 Å². The van der Waals surface area contributed by atoms with Gasteiger partial charge in [-0.25, -0.2) is 4.99 Å². The molecular weight excluding hydrogens is 779 g/mol. The molecular formula is C56H39N3S2. The SMILES string of the molecule is CCC1C(c2ccc3ccccc3c2)=NC(c2cc(-n3c4ccccc4c4cc5ccccc5cc43)cc3c2sc2ccccc23)=NC1C1C=Cc2sc3ccccc3c2C1. The van der Waals surface area contributed by atoms with Gasteiger partial charge in [0.15, 0.2) is 5.84 Å². The van der Waals surface area contributed by atoms with Gasteiger partial charge in [0.25, 0.3) is 0 Å². The van der Waals surface area contributed by atoms with E-state index < -0.39 is 0 Å². The maximum Gasteiger partial charge on any atom is 0.156 e. The van der Waals surface area contributed by atoms with E-state index in [-0.39, 0.29) is 17.9 Å². The number of hydrogen-bond acceptors (Lipinski definition) is 4. The van der Waals surface area contributed by atoms with Crippen molar-refractivity contribution in [3.05, 3.63) is 191 Å². The first-order valence-electron chi connectivity index (χ1n) is 21.4. The van der Waals surface area contributed by atoms with Crippen LogP contribution in [0.4, 0.5) is 0 Å². The molecule has 0 amide bonds.